The van der Waals surface area contributed by atoms with Crippen molar-refractivity contribution in [3.8, 4) is 0 Å². The molecule has 5 aliphatic rings. The van der Waals surface area contributed by atoms with Crippen molar-refractivity contribution in [3.63, 3.8) is 0 Å². The average Bonchev–Trinajstić information content (AvgIpc) is 2.38. The number of hydrogen-bond acceptors (Lipinski definition) is 0. The Hall–Kier alpha value is -0.195. The van der Waals surface area contributed by atoms with Gasteiger partial charge in [-0.3, -0.25) is 0 Å². The van der Waals surface area contributed by atoms with Crippen LogP contribution < -0.4 is 0 Å². The summed E-state index contributed by atoms with van der Waals surface area (Å²) < 4.78 is 0. The SMILES string of the molecule is CC1C(C23[B]C(CCC2)CCC3)=CC2CC1C2(C)C. The molecule has 2 saturated heterocycles. The minimum absolute atomic E-state index is 0.536. The smallest absolute Gasteiger partial charge is 0.0816 e. The van der Waals surface area contributed by atoms with Crippen molar-refractivity contribution in [2.45, 2.75) is 76.8 Å². The van der Waals surface area contributed by atoms with Crippen LogP contribution in [0.25, 0.3) is 0 Å². The molecule has 0 amide bonds. The normalized spacial score (nSPS) is 50.8. The molecule has 0 spiro atoms. The summed E-state index contributed by atoms with van der Waals surface area (Å²) >= 11 is 0. The molecule has 0 aromatic carbocycles. The molecule has 19 heavy (non-hydrogen) atoms. The quantitative estimate of drug-likeness (QED) is 0.443. The topological polar surface area (TPSA) is 0 Å². The lowest BCUT2D eigenvalue weighted by Crippen LogP contribution is -2.53. The summed E-state index contributed by atoms with van der Waals surface area (Å²) in [7, 11) is 2.81. The van der Waals surface area contributed by atoms with Crippen LogP contribution in [0.1, 0.15) is 65.7 Å². The lowest BCUT2D eigenvalue weighted by atomic mass is 9.31. The molecule has 3 unspecified atom stereocenters. The highest BCUT2D eigenvalue weighted by atomic mass is 14.6. The van der Waals surface area contributed by atoms with Crippen LogP contribution in [0.2, 0.25) is 11.1 Å². The zero-order valence-electron chi connectivity index (χ0n) is 12.9. The van der Waals surface area contributed by atoms with Gasteiger partial charge < -0.3 is 0 Å². The van der Waals surface area contributed by atoms with E-state index in [2.05, 4.69) is 34.1 Å². The first kappa shape index (κ1) is 12.5. The van der Waals surface area contributed by atoms with E-state index in [4.69, 9.17) is 0 Å². The molecule has 0 N–H and O–H groups in total. The Bertz CT molecular complexity index is 409. The summed E-state index contributed by atoms with van der Waals surface area (Å²) in [4.78, 5) is 0. The van der Waals surface area contributed by atoms with Crippen molar-refractivity contribution in [2.24, 2.45) is 23.2 Å². The Kier molecular flexibility index (Phi) is 2.59. The highest BCUT2D eigenvalue weighted by Crippen LogP contribution is 2.67. The highest BCUT2D eigenvalue weighted by Gasteiger charge is 2.56. The van der Waals surface area contributed by atoms with Crippen LogP contribution >= 0.6 is 0 Å². The molecular formula is C18H28B. The predicted octanol–water partition coefficient (Wildman–Crippen LogP) is 5.24. The summed E-state index contributed by atoms with van der Waals surface area (Å²) in [5, 5.41) is 0.536. The van der Waals surface area contributed by atoms with E-state index in [0.29, 0.717) is 10.7 Å². The van der Waals surface area contributed by atoms with Gasteiger partial charge in [0.25, 0.3) is 0 Å². The second-order valence-corrected chi connectivity index (χ2v) is 8.55. The molecule has 4 bridgehead atoms. The van der Waals surface area contributed by atoms with Gasteiger partial charge in [-0.2, -0.15) is 0 Å². The predicted molar refractivity (Wildman–Crippen MR) is 82.5 cm³/mol. The molecule has 0 aromatic rings. The first-order valence-electron chi connectivity index (χ1n) is 8.61. The van der Waals surface area contributed by atoms with Gasteiger partial charge in [-0.25, -0.2) is 0 Å². The monoisotopic (exact) mass is 255 g/mol. The molecule has 1 heteroatoms. The Balaban J connectivity index is 1.69. The van der Waals surface area contributed by atoms with E-state index in [9.17, 15) is 0 Å². The van der Waals surface area contributed by atoms with Crippen LogP contribution in [0, 0.1) is 23.2 Å². The Morgan fingerprint density at radius 3 is 2.42 bits per heavy atom. The summed E-state index contributed by atoms with van der Waals surface area (Å²) in [6, 6.07) is 0. The fourth-order valence-corrected chi connectivity index (χ4v) is 6.13. The van der Waals surface area contributed by atoms with Crippen molar-refractivity contribution >= 4 is 7.28 Å². The molecule has 2 aliphatic heterocycles. The molecule has 3 fully saturated rings. The van der Waals surface area contributed by atoms with E-state index in [0.717, 1.165) is 23.6 Å². The highest BCUT2D eigenvalue weighted by molar-refractivity contribution is 6.44. The molecule has 0 nitrogen and oxygen atoms in total. The zero-order chi connectivity index (χ0) is 13.3. The average molecular weight is 255 g/mol. The minimum Gasteiger partial charge on any atom is -0.0816 e. The maximum absolute atomic E-state index is 2.81. The van der Waals surface area contributed by atoms with Gasteiger partial charge in [-0.05, 0) is 34.9 Å². The molecule has 2 heterocycles. The molecule has 3 aliphatic carbocycles. The van der Waals surface area contributed by atoms with E-state index >= 15 is 0 Å². The summed E-state index contributed by atoms with van der Waals surface area (Å²) in [6.07, 6.45) is 13.0. The second-order valence-electron chi connectivity index (χ2n) is 8.55. The first-order valence-corrected chi connectivity index (χ1v) is 8.61. The third-order valence-corrected chi connectivity index (χ3v) is 7.42. The molecule has 5 rings (SSSR count). The lowest BCUT2D eigenvalue weighted by Gasteiger charge is -2.62. The fourth-order valence-electron chi connectivity index (χ4n) is 6.13. The van der Waals surface area contributed by atoms with Crippen molar-refractivity contribution in [1.29, 1.82) is 0 Å². The van der Waals surface area contributed by atoms with Crippen LogP contribution in [-0.2, 0) is 0 Å². The van der Waals surface area contributed by atoms with Crippen LogP contribution in [-0.4, -0.2) is 7.28 Å². The maximum atomic E-state index is 2.81. The number of hydrogen-bond donors (Lipinski definition) is 0. The van der Waals surface area contributed by atoms with E-state index in [1.54, 1.807) is 0 Å². The molecule has 1 radical (unpaired) electrons. The maximum Gasteiger partial charge on any atom is 0.127 e. The number of rotatable bonds is 1. The largest absolute Gasteiger partial charge is 0.127 e. The van der Waals surface area contributed by atoms with Crippen LogP contribution in [0.5, 0.6) is 0 Å². The van der Waals surface area contributed by atoms with Gasteiger partial charge in [0, 0.05) is 0 Å². The van der Waals surface area contributed by atoms with Crippen molar-refractivity contribution in [3.05, 3.63) is 11.6 Å². The number of fused-ring (bicyclic) bond motifs is 4. The van der Waals surface area contributed by atoms with Gasteiger partial charge in [0.2, 0.25) is 0 Å². The van der Waals surface area contributed by atoms with Gasteiger partial charge in [-0.15, -0.1) is 0 Å². The Labute approximate surface area is 119 Å². The van der Waals surface area contributed by atoms with Crippen molar-refractivity contribution in [2.75, 3.05) is 0 Å². The van der Waals surface area contributed by atoms with Gasteiger partial charge in [-0.1, -0.05) is 76.8 Å². The standard InChI is InChI=1S/C18H28B/c1-12-15-10-13(17(15,2)3)11-16(12)18-8-4-6-14(19-18)7-5-9-18/h11-15H,4-10H2,1-3H3. The Morgan fingerprint density at radius 1 is 1.16 bits per heavy atom. The molecule has 0 aromatic heterocycles. The van der Waals surface area contributed by atoms with Crippen molar-refractivity contribution < 1.29 is 0 Å². The first-order chi connectivity index (χ1) is 9.03. The fraction of sp³-hybridized carbons (Fsp3) is 0.889. The van der Waals surface area contributed by atoms with Gasteiger partial charge in [0.15, 0.2) is 0 Å². The third-order valence-electron chi connectivity index (χ3n) is 7.42. The molecular weight excluding hydrogens is 227 g/mol. The van der Waals surface area contributed by atoms with E-state index in [1.165, 1.54) is 44.9 Å². The van der Waals surface area contributed by atoms with Crippen LogP contribution in [0.15, 0.2) is 11.6 Å². The summed E-state index contributed by atoms with van der Waals surface area (Å²) in [6.45, 7) is 7.54. The lowest BCUT2D eigenvalue weighted by molar-refractivity contribution is -0.0353. The molecule has 1 saturated carbocycles. The zero-order valence-corrected chi connectivity index (χ0v) is 12.9. The van der Waals surface area contributed by atoms with Crippen LogP contribution in [0.3, 0.4) is 0 Å². The number of allylic oxidation sites excluding steroid dienone is 2. The summed E-state index contributed by atoms with van der Waals surface area (Å²) in [5.41, 5.74) is 2.46. The van der Waals surface area contributed by atoms with Crippen molar-refractivity contribution in [1.82, 2.24) is 0 Å². The van der Waals surface area contributed by atoms with Gasteiger partial charge >= 0.3 is 0 Å². The minimum atomic E-state index is 0.536. The summed E-state index contributed by atoms with van der Waals surface area (Å²) in [5.74, 6) is 3.63. The van der Waals surface area contributed by atoms with E-state index < -0.39 is 0 Å². The molecule has 3 atom stereocenters. The van der Waals surface area contributed by atoms with E-state index in [1.807, 2.05) is 5.57 Å². The van der Waals surface area contributed by atoms with Gasteiger partial charge in [0.1, 0.15) is 7.28 Å². The Morgan fingerprint density at radius 2 is 1.84 bits per heavy atom. The van der Waals surface area contributed by atoms with E-state index in [-0.39, 0.29) is 0 Å². The second kappa shape index (κ2) is 3.92. The third kappa shape index (κ3) is 1.60. The molecule has 103 valence electrons. The van der Waals surface area contributed by atoms with Crippen LogP contribution in [0.4, 0.5) is 0 Å². The van der Waals surface area contributed by atoms with Gasteiger partial charge in [0.05, 0.1) is 0 Å².